The molecule has 1 aromatic rings. The molecule has 0 saturated heterocycles. The van der Waals surface area contributed by atoms with Gasteiger partial charge in [-0.15, -0.1) is 0 Å². The molecule has 1 aromatic heterocycles. The molecule has 0 fully saturated rings. The van der Waals surface area contributed by atoms with Crippen molar-refractivity contribution in [2.75, 3.05) is 7.11 Å². The average Bonchev–Trinajstić information content (AvgIpc) is 2.45. The van der Waals surface area contributed by atoms with E-state index in [9.17, 15) is 0 Å². The molecule has 0 spiro atoms. The minimum atomic E-state index is -0.157. The Kier molecular flexibility index (Phi) is 3.30. The summed E-state index contributed by atoms with van der Waals surface area (Å²) >= 11 is 0. The van der Waals surface area contributed by atoms with Crippen LogP contribution in [0.25, 0.3) is 0 Å². The second kappa shape index (κ2) is 4.28. The zero-order valence-electron chi connectivity index (χ0n) is 9.11. The van der Waals surface area contributed by atoms with Crippen molar-refractivity contribution in [3.05, 3.63) is 23.4 Å². The molecule has 0 radical (unpaired) electrons. The zero-order chi connectivity index (χ0) is 10.7. The number of hydrogen-bond donors (Lipinski definition) is 1. The van der Waals surface area contributed by atoms with E-state index in [4.69, 9.17) is 10.5 Å². The highest BCUT2D eigenvalue weighted by molar-refractivity contribution is 5.22. The molecule has 1 atom stereocenters. The van der Waals surface area contributed by atoms with Gasteiger partial charge in [0.2, 0.25) is 5.88 Å². The van der Waals surface area contributed by atoms with Crippen molar-refractivity contribution in [1.29, 1.82) is 0 Å². The highest BCUT2D eigenvalue weighted by Gasteiger charge is 2.10. The number of nitrogens with two attached hydrogens (primary N) is 1. The molecule has 14 heavy (non-hydrogen) atoms. The number of hydrogen-bond acceptors (Lipinski definition) is 3. The normalized spacial score (nSPS) is 12.4. The van der Waals surface area contributed by atoms with Crippen LogP contribution in [0.4, 0.5) is 0 Å². The predicted octanol–water partition coefficient (Wildman–Crippen LogP) is 1.39. The fourth-order valence-electron chi connectivity index (χ4n) is 1.27. The largest absolute Gasteiger partial charge is 0.481 e. The van der Waals surface area contributed by atoms with Gasteiger partial charge in [-0.2, -0.15) is 5.10 Å². The second-order valence-electron chi connectivity index (χ2n) is 3.50. The van der Waals surface area contributed by atoms with Crippen molar-refractivity contribution >= 4 is 0 Å². The summed E-state index contributed by atoms with van der Waals surface area (Å²) in [5, 5.41) is 4.26. The zero-order valence-corrected chi connectivity index (χ0v) is 9.11. The van der Waals surface area contributed by atoms with Crippen LogP contribution < -0.4 is 10.5 Å². The van der Waals surface area contributed by atoms with Crippen molar-refractivity contribution in [2.24, 2.45) is 12.8 Å². The Balaban J connectivity index is 2.91. The van der Waals surface area contributed by atoms with Crippen molar-refractivity contribution in [3.63, 3.8) is 0 Å². The van der Waals surface area contributed by atoms with E-state index >= 15 is 0 Å². The Morgan fingerprint density at radius 1 is 1.64 bits per heavy atom. The van der Waals surface area contributed by atoms with E-state index < -0.39 is 0 Å². The SMILES string of the molecule is COc1cc(C(N)C=C(C)C)nn1C. The van der Waals surface area contributed by atoms with Gasteiger partial charge in [0.05, 0.1) is 18.8 Å². The van der Waals surface area contributed by atoms with Gasteiger partial charge in [0.15, 0.2) is 0 Å². The summed E-state index contributed by atoms with van der Waals surface area (Å²) in [6.45, 7) is 4.03. The van der Waals surface area contributed by atoms with Crippen LogP contribution in [-0.2, 0) is 7.05 Å². The van der Waals surface area contributed by atoms with Crippen LogP contribution in [0.5, 0.6) is 5.88 Å². The first-order valence-corrected chi connectivity index (χ1v) is 4.53. The first kappa shape index (κ1) is 10.8. The molecular formula is C10H17N3O. The van der Waals surface area contributed by atoms with Crippen LogP contribution in [0.2, 0.25) is 0 Å². The molecule has 1 rings (SSSR count). The summed E-state index contributed by atoms with van der Waals surface area (Å²) in [4.78, 5) is 0. The van der Waals surface area contributed by atoms with Gasteiger partial charge in [-0.1, -0.05) is 11.6 Å². The molecule has 2 N–H and O–H groups in total. The van der Waals surface area contributed by atoms with E-state index in [1.807, 2.05) is 33.0 Å². The van der Waals surface area contributed by atoms with Gasteiger partial charge in [0, 0.05) is 13.1 Å². The van der Waals surface area contributed by atoms with Crippen molar-refractivity contribution in [1.82, 2.24) is 9.78 Å². The molecule has 0 aliphatic rings. The Hall–Kier alpha value is -1.29. The van der Waals surface area contributed by atoms with E-state index in [2.05, 4.69) is 5.10 Å². The van der Waals surface area contributed by atoms with Gasteiger partial charge in [-0.3, -0.25) is 0 Å². The molecule has 0 aliphatic heterocycles. The quantitative estimate of drug-likeness (QED) is 0.742. The number of ether oxygens (including phenoxy) is 1. The molecular weight excluding hydrogens is 178 g/mol. The fraction of sp³-hybridized carbons (Fsp3) is 0.500. The van der Waals surface area contributed by atoms with Crippen molar-refractivity contribution in [3.8, 4) is 5.88 Å². The van der Waals surface area contributed by atoms with E-state index in [1.54, 1.807) is 11.8 Å². The van der Waals surface area contributed by atoms with E-state index in [0.717, 1.165) is 11.6 Å². The molecule has 0 bridgehead atoms. The maximum absolute atomic E-state index is 5.93. The number of nitrogens with zero attached hydrogens (tertiary/aromatic N) is 2. The standard InChI is InChI=1S/C10H17N3O/c1-7(2)5-8(11)9-6-10(14-4)13(3)12-9/h5-6,8H,11H2,1-4H3. The number of rotatable bonds is 3. The molecule has 4 nitrogen and oxygen atoms in total. The topological polar surface area (TPSA) is 53.1 Å². The molecule has 1 heterocycles. The molecule has 1 unspecified atom stereocenters. The van der Waals surface area contributed by atoms with Crippen molar-refractivity contribution < 1.29 is 4.74 Å². The fourth-order valence-corrected chi connectivity index (χ4v) is 1.27. The third kappa shape index (κ3) is 2.35. The van der Waals surface area contributed by atoms with Gasteiger partial charge >= 0.3 is 0 Å². The Morgan fingerprint density at radius 3 is 2.71 bits per heavy atom. The van der Waals surface area contributed by atoms with Crippen LogP contribution in [0.1, 0.15) is 25.6 Å². The number of aryl methyl sites for hydroxylation is 1. The van der Waals surface area contributed by atoms with E-state index in [-0.39, 0.29) is 6.04 Å². The number of methoxy groups -OCH3 is 1. The second-order valence-corrected chi connectivity index (χ2v) is 3.50. The first-order valence-electron chi connectivity index (χ1n) is 4.53. The lowest BCUT2D eigenvalue weighted by molar-refractivity contribution is 0.373. The Morgan fingerprint density at radius 2 is 2.29 bits per heavy atom. The minimum Gasteiger partial charge on any atom is -0.481 e. The summed E-state index contributed by atoms with van der Waals surface area (Å²) in [7, 11) is 3.45. The van der Waals surface area contributed by atoms with Gasteiger partial charge < -0.3 is 10.5 Å². The van der Waals surface area contributed by atoms with Gasteiger partial charge in [-0.05, 0) is 13.8 Å². The maximum Gasteiger partial charge on any atom is 0.211 e. The minimum absolute atomic E-state index is 0.157. The molecule has 0 amide bonds. The lowest BCUT2D eigenvalue weighted by Crippen LogP contribution is -2.08. The van der Waals surface area contributed by atoms with Gasteiger partial charge in [0.1, 0.15) is 0 Å². The lowest BCUT2D eigenvalue weighted by Gasteiger charge is -2.01. The van der Waals surface area contributed by atoms with Crippen molar-refractivity contribution in [2.45, 2.75) is 19.9 Å². The van der Waals surface area contributed by atoms with Crippen LogP contribution in [0.3, 0.4) is 0 Å². The van der Waals surface area contributed by atoms with Gasteiger partial charge in [0.25, 0.3) is 0 Å². The average molecular weight is 195 g/mol. The third-order valence-corrected chi connectivity index (χ3v) is 1.92. The number of allylic oxidation sites excluding steroid dienone is 1. The van der Waals surface area contributed by atoms with Crippen LogP contribution >= 0.6 is 0 Å². The van der Waals surface area contributed by atoms with Crippen LogP contribution in [0, 0.1) is 0 Å². The highest BCUT2D eigenvalue weighted by Crippen LogP contribution is 2.17. The van der Waals surface area contributed by atoms with Gasteiger partial charge in [-0.25, -0.2) is 4.68 Å². The molecule has 4 heteroatoms. The molecule has 0 aromatic carbocycles. The summed E-state index contributed by atoms with van der Waals surface area (Å²) in [6.07, 6.45) is 1.97. The van der Waals surface area contributed by atoms with E-state index in [0.29, 0.717) is 0 Å². The number of aromatic nitrogens is 2. The Bertz CT molecular complexity index is 337. The van der Waals surface area contributed by atoms with Crippen LogP contribution in [0.15, 0.2) is 17.7 Å². The Labute approximate surface area is 84.4 Å². The first-order chi connectivity index (χ1) is 6.54. The summed E-state index contributed by atoms with van der Waals surface area (Å²) in [6, 6.07) is 1.69. The maximum atomic E-state index is 5.93. The summed E-state index contributed by atoms with van der Waals surface area (Å²) in [5.41, 5.74) is 7.93. The monoisotopic (exact) mass is 195 g/mol. The van der Waals surface area contributed by atoms with E-state index in [1.165, 1.54) is 5.57 Å². The highest BCUT2D eigenvalue weighted by atomic mass is 16.5. The lowest BCUT2D eigenvalue weighted by atomic mass is 10.1. The summed E-state index contributed by atoms with van der Waals surface area (Å²) in [5.74, 6) is 0.720. The summed E-state index contributed by atoms with van der Waals surface area (Å²) < 4.78 is 6.78. The van der Waals surface area contributed by atoms with Crippen LogP contribution in [-0.4, -0.2) is 16.9 Å². The predicted molar refractivity (Wildman–Crippen MR) is 56.1 cm³/mol. The molecule has 0 aliphatic carbocycles. The third-order valence-electron chi connectivity index (χ3n) is 1.92. The smallest absolute Gasteiger partial charge is 0.211 e. The molecule has 0 saturated carbocycles. The molecule has 78 valence electrons.